The van der Waals surface area contributed by atoms with Crippen molar-refractivity contribution in [1.29, 1.82) is 0 Å². The average Bonchev–Trinajstić information content (AvgIpc) is 3.26. The van der Waals surface area contributed by atoms with Crippen molar-refractivity contribution >= 4 is 32.6 Å². The number of aryl methyl sites for hydroxylation is 4. The number of furan rings is 1. The van der Waals surface area contributed by atoms with Gasteiger partial charge in [0.1, 0.15) is 11.5 Å². The number of aromatic nitrogens is 2. The zero-order valence-corrected chi connectivity index (χ0v) is 17.1. The fraction of sp³-hybridized carbons (Fsp3) is 0.227. The zero-order valence-electron chi connectivity index (χ0n) is 16.3. The molecule has 0 bridgehead atoms. The maximum atomic E-state index is 13.4. The Hall–Kier alpha value is -2.99. The minimum Gasteiger partial charge on any atom is -0.466 e. The first-order valence-corrected chi connectivity index (χ1v) is 9.91. The number of benzene rings is 1. The Labute approximate surface area is 167 Å². The Kier molecular flexibility index (Phi) is 4.73. The van der Waals surface area contributed by atoms with E-state index in [1.54, 1.807) is 17.2 Å². The summed E-state index contributed by atoms with van der Waals surface area (Å²) in [5, 5.41) is 0.664. The lowest BCUT2D eigenvalue weighted by molar-refractivity contribution is 0.0983. The van der Waals surface area contributed by atoms with Gasteiger partial charge in [-0.1, -0.05) is 23.5 Å². The molecular formula is C22H21N3O2S. The minimum absolute atomic E-state index is 0.131. The fourth-order valence-corrected chi connectivity index (χ4v) is 4.22. The molecule has 0 unspecified atom stereocenters. The molecule has 1 amide bonds. The Morgan fingerprint density at radius 3 is 2.64 bits per heavy atom. The summed E-state index contributed by atoms with van der Waals surface area (Å²) in [5.41, 5.74) is 4.63. The van der Waals surface area contributed by atoms with Gasteiger partial charge in [-0.2, -0.15) is 0 Å². The quantitative estimate of drug-likeness (QED) is 0.469. The second-order valence-corrected chi connectivity index (χ2v) is 7.90. The van der Waals surface area contributed by atoms with Gasteiger partial charge < -0.3 is 4.42 Å². The molecule has 0 atom stereocenters. The summed E-state index contributed by atoms with van der Waals surface area (Å²) in [6.45, 7) is 8.14. The fourth-order valence-electron chi connectivity index (χ4n) is 3.20. The third-order valence-electron chi connectivity index (χ3n) is 4.87. The Bertz CT molecular complexity index is 1160. The van der Waals surface area contributed by atoms with Crippen LogP contribution in [0.15, 0.2) is 47.0 Å². The molecule has 5 nitrogen and oxygen atoms in total. The van der Waals surface area contributed by atoms with Crippen LogP contribution < -0.4 is 4.90 Å². The van der Waals surface area contributed by atoms with E-state index in [0.717, 1.165) is 27.2 Å². The van der Waals surface area contributed by atoms with Crippen molar-refractivity contribution < 1.29 is 9.21 Å². The second-order valence-electron chi connectivity index (χ2n) is 6.89. The highest BCUT2D eigenvalue weighted by atomic mass is 32.1. The van der Waals surface area contributed by atoms with Crippen LogP contribution in [-0.2, 0) is 6.54 Å². The molecule has 0 N–H and O–H groups in total. The summed E-state index contributed by atoms with van der Waals surface area (Å²) in [7, 11) is 0. The highest BCUT2D eigenvalue weighted by Crippen LogP contribution is 2.33. The van der Waals surface area contributed by atoms with Crippen molar-refractivity contribution in [3.05, 3.63) is 76.5 Å². The van der Waals surface area contributed by atoms with Gasteiger partial charge in [-0.05, 0) is 63.1 Å². The highest BCUT2D eigenvalue weighted by Gasteiger charge is 2.25. The average molecular weight is 391 g/mol. The molecule has 0 spiro atoms. The van der Waals surface area contributed by atoms with Gasteiger partial charge in [0.2, 0.25) is 0 Å². The van der Waals surface area contributed by atoms with E-state index in [2.05, 4.69) is 31.0 Å². The molecule has 0 saturated heterocycles. The zero-order chi connectivity index (χ0) is 19.8. The van der Waals surface area contributed by atoms with Gasteiger partial charge in [-0.15, -0.1) is 0 Å². The first kappa shape index (κ1) is 18.4. The monoisotopic (exact) mass is 391 g/mol. The largest absolute Gasteiger partial charge is 0.466 e. The third-order valence-corrected chi connectivity index (χ3v) is 5.91. The number of rotatable bonds is 4. The number of pyridine rings is 1. The van der Waals surface area contributed by atoms with Gasteiger partial charge >= 0.3 is 0 Å². The highest BCUT2D eigenvalue weighted by molar-refractivity contribution is 7.22. The van der Waals surface area contributed by atoms with Crippen LogP contribution in [0.3, 0.4) is 0 Å². The van der Waals surface area contributed by atoms with E-state index in [0.29, 0.717) is 23.0 Å². The van der Waals surface area contributed by atoms with E-state index in [9.17, 15) is 4.79 Å². The molecule has 0 aliphatic rings. The normalized spacial score (nSPS) is 11.1. The predicted molar refractivity (Wildman–Crippen MR) is 112 cm³/mol. The summed E-state index contributed by atoms with van der Waals surface area (Å²) in [5.74, 6) is 1.20. The number of nitrogens with zero attached hydrogens (tertiary/aromatic N) is 3. The lowest BCUT2D eigenvalue weighted by Gasteiger charge is -2.19. The molecule has 0 fully saturated rings. The number of anilines is 1. The van der Waals surface area contributed by atoms with Gasteiger partial charge in [-0.25, -0.2) is 4.98 Å². The summed E-state index contributed by atoms with van der Waals surface area (Å²) in [6.07, 6.45) is 1.73. The Morgan fingerprint density at radius 2 is 1.96 bits per heavy atom. The molecule has 28 heavy (non-hydrogen) atoms. The van der Waals surface area contributed by atoms with Gasteiger partial charge in [0.05, 0.1) is 28.0 Å². The molecule has 0 saturated carbocycles. The molecule has 0 radical (unpaired) electrons. The number of fused-ring (bicyclic) bond motifs is 1. The molecule has 0 aliphatic heterocycles. The van der Waals surface area contributed by atoms with Crippen molar-refractivity contribution in [3.8, 4) is 0 Å². The molecule has 4 aromatic rings. The van der Waals surface area contributed by atoms with Gasteiger partial charge in [0.15, 0.2) is 5.13 Å². The van der Waals surface area contributed by atoms with E-state index in [1.165, 1.54) is 16.9 Å². The van der Waals surface area contributed by atoms with E-state index < -0.39 is 0 Å². The Morgan fingerprint density at radius 1 is 1.14 bits per heavy atom. The lowest BCUT2D eigenvalue weighted by Crippen LogP contribution is -2.30. The van der Waals surface area contributed by atoms with Crippen LogP contribution in [0.1, 0.15) is 38.7 Å². The SMILES string of the molecule is Cc1cc(C(=O)N(Cc2ccccn2)c2nc3c(C)c(C)ccc3s2)c(C)o1. The van der Waals surface area contributed by atoms with Crippen LogP contribution in [-0.4, -0.2) is 15.9 Å². The maximum Gasteiger partial charge on any atom is 0.263 e. The standard InChI is InChI=1S/C22H21N3O2S/c1-13-8-9-19-20(15(13)3)24-22(28-19)25(12-17-7-5-6-10-23-17)21(26)18-11-14(2)27-16(18)4/h5-11H,12H2,1-4H3. The topological polar surface area (TPSA) is 59.2 Å². The maximum absolute atomic E-state index is 13.4. The van der Waals surface area contributed by atoms with E-state index in [-0.39, 0.29) is 5.91 Å². The van der Waals surface area contributed by atoms with Crippen LogP contribution in [0.2, 0.25) is 0 Å². The van der Waals surface area contributed by atoms with Crippen LogP contribution in [0.4, 0.5) is 5.13 Å². The molecule has 142 valence electrons. The molecule has 4 rings (SSSR count). The molecule has 0 aliphatic carbocycles. The predicted octanol–water partition coefficient (Wildman–Crippen LogP) is 5.36. The lowest BCUT2D eigenvalue weighted by atomic mass is 10.1. The molecule has 1 aromatic carbocycles. The Balaban J connectivity index is 1.82. The first-order valence-electron chi connectivity index (χ1n) is 9.09. The van der Waals surface area contributed by atoms with Crippen molar-refractivity contribution in [2.75, 3.05) is 4.90 Å². The molecule has 6 heteroatoms. The summed E-state index contributed by atoms with van der Waals surface area (Å²) < 4.78 is 6.65. The van der Waals surface area contributed by atoms with Crippen molar-refractivity contribution in [3.63, 3.8) is 0 Å². The number of carbonyl (C=O) groups is 1. The minimum atomic E-state index is -0.131. The first-order chi connectivity index (χ1) is 13.4. The number of carbonyl (C=O) groups excluding carboxylic acids is 1. The van der Waals surface area contributed by atoms with Crippen LogP contribution >= 0.6 is 11.3 Å². The third kappa shape index (κ3) is 3.31. The summed E-state index contributed by atoms with van der Waals surface area (Å²) in [4.78, 5) is 24.3. The number of thiazole rings is 1. The number of hydrogen-bond donors (Lipinski definition) is 0. The smallest absolute Gasteiger partial charge is 0.263 e. The molecule has 3 heterocycles. The van der Waals surface area contributed by atoms with Crippen molar-refractivity contribution in [2.45, 2.75) is 34.2 Å². The van der Waals surface area contributed by atoms with Crippen LogP contribution in [0.25, 0.3) is 10.2 Å². The molecular weight excluding hydrogens is 370 g/mol. The number of hydrogen-bond acceptors (Lipinski definition) is 5. The van der Waals surface area contributed by atoms with E-state index in [4.69, 9.17) is 9.40 Å². The number of amides is 1. The van der Waals surface area contributed by atoms with Crippen LogP contribution in [0.5, 0.6) is 0 Å². The van der Waals surface area contributed by atoms with Crippen LogP contribution in [0, 0.1) is 27.7 Å². The van der Waals surface area contributed by atoms with E-state index in [1.807, 2.05) is 32.0 Å². The van der Waals surface area contributed by atoms with Gasteiger partial charge in [-0.3, -0.25) is 14.7 Å². The van der Waals surface area contributed by atoms with E-state index >= 15 is 0 Å². The van der Waals surface area contributed by atoms with Crippen molar-refractivity contribution in [1.82, 2.24) is 9.97 Å². The summed E-state index contributed by atoms with van der Waals surface area (Å²) >= 11 is 1.52. The molecule has 3 aromatic heterocycles. The second kappa shape index (κ2) is 7.20. The van der Waals surface area contributed by atoms with Crippen molar-refractivity contribution in [2.24, 2.45) is 0 Å². The van der Waals surface area contributed by atoms with Gasteiger partial charge in [0, 0.05) is 6.20 Å². The summed E-state index contributed by atoms with van der Waals surface area (Å²) in [6, 6.07) is 11.6. The van der Waals surface area contributed by atoms with Gasteiger partial charge in [0.25, 0.3) is 5.91 Å².